The van der Waals surface area contributed by atoms with E-state index in [2.05, 4.69) is 14.8 Å². The number of pyridine rings is 1. The Bertz CT molecular complexity index is 460. The molecule has 2 saturated heterocycles. The van der Waals surface area contributed by atoms with Gasteiger partial charge in [-0.1, -0.05) is 18.0 Å². The van der Waals surface area contributed by atoms with Crippen molar-refractivity contribution < 1.29 is 0 Å². The summed E-state index contributed by atoms with van der Waals surface area (Å²) in [5, 5.41) is 0.724. The monoisotopic (exact) mass is 313 g/mol. The summed E-state index contributed by atoms with van der Waals surface area (Å²) in [6.45, 7) is 4.61. The number of hydrogen-bond donors (Lipinski definition) is 0. The fraction of sp³-hybridized carbons (Fsp3) is 0.667. The van der Waals surface area contributed by atoms with Gasteiger partial charge in [0.1, 0.15) is 5.82 Å². The predicted molar refractivity (Wildman–Crippen MR) is 84.8 cm³/mol. The van der Waals surface area contributed by atoms with Crippen LogP contribution in [0.25, 0.3) is 0 Å². The lowest BCUT2D eigenvalue weighted by Gasteiger charge is -2.32. The minimum absolute atomic E-state index is 0.462. The lowest BCUT2D eigenvalue weighted by atomic mass is 10.1. The molecule has 0 aromatic carbocycles. The van der Waals surface area contributed by atoms with Crippen molar-refractivity contribution in [3.63, 3.8) is 0 Å². The molecule has 0 aliphatic carbocycles. The molecule has 0 spiro atoms. The van der Waals surface area contributed by atoms with Crippen LogP contribution in [0.1, 0.15) is 31.2 Å². The summed E-state index contributed by atoms with van der Waals surface area (Å²) in [6.07, 6.45) is 7.14. The van der Waals surface area contributed by atoms with E-state index in [-0.39, 0.29) is 0 Å². The van der Waals surface area contributed by atoms with Gasteiger partial charge in [0.15, 0.2) is 0 Å². The second kappa shape index (κ2) is 6.50. The molecule has 2 aliphatic heterocycles. The van der Waals surface area contributed by atoms with Crippen LogP contribution in [0.2, 0.25) is 5.02 Å². The summed E-state index contributed by atoms with van der Waals surface area (Å²) >= 11 is 12.2. The zero-order valence-corrected chi connectivity index (χ0v) is 13.2. The van der Waals surface area contributed by atoms with Crippen molar-refractivity contribution >= 4 is 29.0 Å². The highest BCUT2D eigenvalue weighted by Crippen LogP contribution is 2.29. The number of halogens is 2. The van der Waals surface area contributed by atoms with Crippen molar-refractivity contribution in [2.75, 3.05) is 31.1 Å². The molecular weight excluding hydrogens is 293 g/mol. The highest BCUT2D eigenvalue weighted by Gasteiger charge is 2.29. The van der Waals surface area contributed by atoms with Gasteiger partial charge in [0.25, 0.3) is 0 Å². The van der Waals surface area contributed by atoms with Crippen LogP contribution in [-0.2, 0) is 5.88 Å². The van der Waals surface area contributed by atoms with Crippen molar-refractivity contribution in [1.29, 1.82) is 0 Å². The van der Waals surface area contributed by atoms with Crippen LogP contribution in [0.4, 0.5) is 5.82 Å². The molecule has 0 N–H and O–H groups in total. The van der Waals surface area contributed by atoms with Crippen LogP contribution in [0.5, 0.6) is 0 Å². The van der Waals surface area contributed by atoms with Gasteiger partial charge in [0, 0.05) is 31.2 Å². The van der Waals surface area contributed by atoms with E-state index in [1.54, 1.807) is 0 Å². The van der Waals surface area contributed by atoms with Crippen LogP contribution in [0.3, 0.4) is 0 Å². The van der Waals surface area contributed by atoms with E-state index in [9.17, 15) is 0 Å². The molecule has 1 aromatic heterocycles. The Hall–Kier alpha value is -0.510. The molecule has 20 heavy (non-hydrogen) atoms. The molecule has 2 fully saturated rings. The van der Waals surface area contributed by atoms with Gasteiger partial charge in [0.2, 0.25) is 0 Å². The maximum Gasteiger partial charge on any atom is 0.147 e. The first-order chi connectivity index (χ1) is 9.78. The Balaban J connectivity index is 1.67. The third-order valence-electron chi connectivity index (χ3n) is 4.40. The topological polar surface area (TPSA) is 19.4 Å². The molecule has 0 radical (unpaired) electrons. The molecule has 2 aliphatic rings. The standard InChI is InChI=1S/C15H21Cl2N3/c16-9-12-8-14(17)15(18-10-12)20-7-4-13(11-20)19-5-2-1-3-6-19/h8,10,13H,1-7,9,11H2. The summed E-state index contributed by atoms with van der Waals surface area (Å²) in [4.78, 5) is 9.46. The van der Waals surface area contributed by atoms with Crippen molar-refractivity contribution in [1.82, 2.24) is 9.88 Å². The van der Waals surface area contributed by atoms with Crippen LogP contribution < -0.4 is 4.90 Å². The summed E-state index contributed by atoms with van der Waals surface area (Å²) in [6, 6.07) is 2.60. The highest BCUT2D eigenvalue weighted by atomic mass is 35.5. The van der Waals surface area contributed by atoms with E-state index in [1.165, 1.54) is 38.8 Å². The first kappa shape index (κ1) is 14.4. The molecule has 3 nitrogen and oxygen atoms in total. The summed E-state index contributed by atoms with van der Waals surface area (Å²) in [5.41, 5.74) is 0.979. The zero-order chi connectivity index (χ0) is 13.9. The average molecular weight is 314 g/mol. The molecule has 3 heterocycles. The molecule has 0 bridgehead atoms. The largest absolute Gasteiger partial charge is 0.354 e. The second-order valence-electron chi connectivity index (χ2n) is 5.77. The molecule has 5 heteroatoms. The molecule has 3 rings (SSSR count). The Morgan fingerprint density at radius 2 is 2.00 bits per heavy atom. The SMILES string of the molecule is ClCc1cnc(N2CCC(N3CCCCC3)C2)c(Cl)c1. The first-order valence-electron chi connectivity index (χ1n) is 7.47. The summed E-state index contributed by atoms with van der Waals surface area (Å²) in [5.74, 6) is 1.38. The van der Waals surface area contributed by atoms with Gasteiger partial charge in [-0.25, -0.2) is 4.98 Å². The Morgan fingerprint density at radius 1 is 1.20 bits per heavy atom. The summed E-state index contributed by atoms with van der Waals surface area (Å²) < 4.78 is 0. The highest BCUT2D eigenvalue weighted by molar-refractivity contribution is 6.33. The van der Waals surface area contributed by atoms with E-state index in [0.717, 1.165) is 29.5 Å². The van der Waals surface area contributed by atoms with Crippen molar-refractivity contribution in [3.05, 3.63) is 22.8 Å². The normalized spacial score (nSPS) is 24.3. The predicted octanol–water partition coefficient (Wildman–Crippen LogP) is 3.54. The number of aromatic nitrogens is 1. The minimum atomic E-state index is 0.462. The minimum Gasteiger partial charge on any atom is -0.354 e. The lowest BCUT2D eigenvalue weighted by Crippen LogP contribution is -2.41. The summed E-state index contributed by atoms with van der Waals surface area (Å²) in [7, 11) is 0. The Kier molecular flexibility index (Phi) is 4.69. The lowest BCUT2D eigenvalue weighted by molar-refractivity contribution is 0.175. The van der Waals surface area contributed by atoms with Crippen molar-refractivity contribution in [2.24, 2.45) is 0 Å². The van der Waals surface area contributed by atoms with Gasteiger partial charge in [-0.3, -0.25) is 4.90 Å². The van der Waals surface area contributed by atoms with Gasteiger partial charge in [0.05, 0.1) is 5.02 Å². The number of hydrogen-bond acceptors (Lipinski definition) is 3. The molecule has 110 valence electrons. The second-order valence-corrected chi connectivity index (χ2v) is 6.44. The molecule has 0 amide bonds. The van der Waals surface area contributed by atoms with Gasteiger partial charge in [-0.2, -0.15) is 0 Å². The number of nitrogens with zero attached hydrogens (tertiary/aromatic N) is 3. The first-order valence-corrected chi connectivity index (χ1v) is 8.38. The van der Waals surface area contributed by atoms with Gasteiger partial charge in [-0.05, 0) is 44.0 Å². The molecule has 1 aromatic rings. The number of alkyl halides is 1. The maximum atomic E-state index is 6.35. The smallest absolute Gasteiger partial charge is 0.147 e. The van der Waals surface area contributed by atoms with Crippen molar-refractivity contribution in [3.8, 4) is 0 Å². The van der Waals surface area contributed by atoms with Crippen LogP contribution in [0.15, 0.2) is 12.3 Å². The van der Waals surface area contributed by atoms with Crippen LogP contribution >= 0.6 is 23.2 Å². The third-order valence-corrected chi connectivity index (χ3v) is 4.99. The molecule has 1 unspecified atom stereocenters. The maximum absolute atomic E-state index is 6.35. The quantitative estimate of drug-likeness (QED) is 0.796. The van der Waals surface area contributed by atoms with Gasteiger partial charge < -0.3 is 4.90 Å². The molecule has 0 saturated carbocycles. The third kappa shape index (κ3) is 3.05. The fourth-order valence-electron chi connectivity index (χ4n) is 3.29. The van der Waals surface area contributed by atoms with Crippen LogP contribution in [-0.4, -0.2) is 42.1 Å². The fourth-order valence-corrected chi connectivity index (χ4v) is 3.75. The number of likely N-dealkylation sites (tertiary alicyclic amines) is 1. The van der Waals surface area contributed by atoms with Gasteiger partial charge in [-0.15, -0.1) is 11.6 Å². The molecule has 1 atom stereocenters. The number of anilines is 1. The van der Waals surface area contributed by atoms with E-state index in [1.807, 2.05) is 12.3 Å². The Labute approximate surface area is 130 Å². The zero-order valence-electron chi connectivity index (χ0n) is 11.7. The average Bonchev–Trinajstić information content (AvgIpc) is 2.97. The number of piperidine rings is 1. The van der Waals surface area contributed by atoms with E-state index >= 15 is 0 Å². The number of rotatable bonds is 3. The van der Waals surface area contributed by atoms with E-state index in [0.29, 0.717) is 11.9 Å². The van der Waals surface area contributed by atoms with E-state index in [4.69, 9.17) is 23.2 Å². The Morgan fingerprint density at radius 3 is 2.70 bits per heavy atom. The van der Waals surface area contributed by atoms with Crippen molar-refractivity contribution in [2.45, 2.75) is 37.6 Å². The molecular formula is C15H21Cl2N3. The van der Waals surface area contributed by atoms with Crippen LogP contribution in [0, 0.1) is 0 Å². The van der Waals surface area contributed by atoms with Gasteiger partial charge >= 0.3 is 0 Å². The van der Waals surface area contributed by atoms with E-state index < -0.39 is 0 Å².